The summed E-state index contributed by atoms with van der Waals surface area (Å²) in [5.41, 5.74) is 5.91. The fourth-order valence-electron chi connectivity index (χ4n) is 1.38. The molecule has 10 heteroatoms. The standard InChI is InChI=1S/C9H11FN6O2S/c10-7-2-1-6(4-11)3-8(7)19(17,18)12-5-9-13-15-16-14-9/h1-3,12H,4-5,11H2,(H,13,14,15,16). The normalized spacial score (nSPS) is 11.7. The Bertz CT molecular complexity index is 657. The molecule has 0 aliphatic rings. The topological polar surface area (TPSA) is 127 Å². The summed E-state index contributed by atoms with van der Waals surface area (Å²) in [4.78, 5) is -0.459. The summed E-state index contributed by atoms with van der Waals surface area (Å²) in [5, 5.41) is 12.6. The van der Waals surface area contributed by atoms with Crippen LogP contribution >= 0.6 is 0 Å². The number of tetrazole rings is 1. The van der Waals surface area contributed by atoms with Crippen LogP contribution in [0.4, 0.5) is 4.39 Å². The maximum absolute atomic E-state index is 13.6. The molecule has 0 saturated carbocycles. The van der Waals surface area contributed by atoms with Crippen molar-refractivity contribution < 1.29 is 12.8 Å². The van der Waals surface area contributed by atoms with Crippen LogP contribution in [0.2, 0.25) is 0 Å². The van der Waals surface area contributed by atoms with Crippen molar-refractivity contribution in [2.75, 3.05) is 0 Å². The van der Waals surface area contributed by atoms with Gasteiger partial charge in [-0.25, -0.2) is 17.5 Å². The number of rotatable bonds is 5. The van der Waals surface area contributed by atoms with Crippen molar-refractivity contribution in [2.45, 2.75) is 18.0 Å². The molecule has 2 rings (SSSR count). The van der Waals surface area contributed by atoms with Gasteiger partial charge in [0.1, 0.15) is 10.7 Å². The molecule has 0 unspecified atom stereocenters. The molecular formula is C9H11FN6O2S. The van der Waals surface area contributed by atoms with Crippen LogP contribution in [-0.4, -0.2) is 29.0 Å². The number of sulfonamides is 1. The van der Waals surface area contributed by atoms with E-state index in [1.807, 2.05) is 0 Å². The van der Waals surface area contributed by atoms with E-state index in [-0.39, 0.29) is 18.9 Å². The maximum Gasteiger partial charge on any atom is 0.243 e. The van der Waals surface area contributed by atoms with E-state index in [4.69, 9.17) is 5.73 Å². The minimum absolute atomic E-state index is 0.119. The van der Waals surface area contributed by atoms with Gasteiger partial charge in [0.2, 0.25) is 10.0 Å². The number of aromatic amines is 1. The summed E-state index contributed by atoms with van der Waals surface area (Å²) in [7, 11) is -4.00. The van der Waals surface area contributed by atoms with Gasteiger partial charge in [-0.1, -0.05) is 11.3 Å². The molecule has 19 heavy (non-hydrogen) atoms. The minimum Gasteiger partial charge on any atom is -0.326 e. The first kappa shape index (κ1) is 13.5. The van der Waals surface area contributed by atoms with Crippen LogP contribution in [-0.2, 0) is 23.1 Å². The third-order valence-electron chi connectivity index (χ3n) is 2.33. The average Bonchev–Trinajstić information content (AvgIpc) is 2.90. The van der Waals surface area contributed by atoms with Crippen molar-refractivity contribution in [1.29, 1.82) is 0 Å². The highest BCUT2D eigenvalue weighted by Gasteiger charge is 2.19. The molecule has 0 spiro atoms. The van der Waals surface area contributed by atoms with Crippen molar-refractivity contribution in [2.24, 2.45) is 5.73 Å². The first-order chi connectivity index (χ1) is 9.03. The minimum atomic E-state index is -4.00. The maximum atomic E-state index is 13.6. The number of hydrogen-bond donors (Lipinski definition) is 3. The highest BCUT2D eigenvalue weighted by Crippen LogP contribution is 2.16. The second kappa shape index (κ2) is 5.38. The molecule has 0 aliphatic carbocycles. The first-order valence-corrected chi connectivity index (χ1v) is 6.72. The molecule has 0 fully saturated rings. The van der Waals surface area contributed by atoms with E-state index >= 15 is 0 Å². The molecule has 0 radical (unpaired) electrons. The van der Waals surface area contributed by atoms with E-state index in [2.05, 4.69) is 25.3 Å². The van der Waals surface area contributed by atoms with Gasteiger partial charge in [-0.15, -0.1) is 10.2 Å². The zero-order valence-electron chi connectivity index (χ0n) is 9.67. The molecule has 0 bridgehead atoms. The number of H-pyrrole nitrogens is 1. The summed E-state index contributed by atoms with van der Waals surface area (Å²) < 4.78 is 39.6. The third-order valence-corrected chi connectivity index (χ3v) is 3.75. The average molecular weight is 286 g/mol. The fraction of sp³-hybridized carbons (Fsp3) is 0.222. The second-order valence-corrected chi connectivity index (χ2v) is 5.36. The van der Waals surface area contributed by atoms with E-state index in [0.29, 0.717) is 5.56 Å². The van der Waals surface area contributed by atoms with Crippen LogP contribution in [0.25, 0.3) is 0 Å². The Labute approximate surface area is 108 Å². The lowest BCUT2D eigenvalue weighted by Gasteiger charge is -2.07. The zero-order valence-corrected chi connectivity index (χ0v) is 10.5. The summed E-state index contributed by atoms with van der Waals surface area (Å²) in [6.45, 7) is -0.0707. The van der Waals surface area contributed by atoms with Gasteiger partial charge in [-0.3, -0.25) is 0 Å². The molecule has 2 aromatic rings. The van der Waals surface area contributed by atoms with Crippen molar-refractivity contribution in [3.05, 3.63) is 35.4 Å². The van der Waals surface area contributed by atoms with Gasteiger partial charge in [0.05, 0.1) is 6.54 Å². The molecule has 0 amide bonds. The molecule has 4 N–H and O–H groups in total. The lowest BCUT2D eigenvalue weighted by molar-refractivity contribution is 0.554. The number of nitrogens with zero attached hydrogens (tertiary/aromatic N) is 3. The van der Waals surface area contributed by atoms with Gasteiger partial charge in [0, 0.05) is 6.54 Å². The SMILES string of the molecule is NCc1ccc(F)c(S(=O)(=O)NCc2nn[nH]n2)c1. The predicted octanol–water partition coefficient (Wildman–Crippen LogP) is -0.724. The van der Waals surface area contributed by atoms with Crippen LogP contribution in [0.1, 0.15) is 11.4 Å². The monoisotopic (exact) mass is 286 g/mol. The molecular weight excluding hydrogens is 275 g/mol. The third kappa shape index (κ3) is 3.10. The molecule has 0 saturated heterocycles. The molecule has 0 aliphatic heterocycles. The number of nitrogens with one attached hydrogen (secondary N) is 2. The van der Waals surface area contributed by atoms with Crippen molar-refractivity contribution in [1.82, 2.24) is 25.3 Å². The van der Waals surface area contributed by atoms with Gasteiger partial charge in [0.25, 0.3) is 0 Å². The van der Waals surface area contributed by atoms with E-state index in [0.717, 1.165) is 6.07 Å². The highest BCUT2D eigenvalue weighted by molar-refractivity contribution is 7.89. The number of halogens is 1. The quantitative estimate of drug-likeness (QED) is 0.665. The van der Waals surface area contributed by atoms with E-state index in [1.54, 1.807) is 0 Å². The van der Waals surface area contributed by atoms with Gasteiger partial charge in [-0.2, -0.15) is 5.21 Å². The van der Waals surface area contributed by atoms with Gasteiger partial charge < -0.3 is 5.73 Å². The van der Waals surface area contributed by atoms with E-state index < -0.39 is 20.7 Å². The molecule has 1 aromatic carbocycles. The summed E-state index contributed by atoms with van der Waals surface area (Å²) in [5.74, 6) is -0.697. The van der Waals surface area contributed by atoms with Crippen LogP contribution in [0.15, 0.2) is 23.1 Å². The van der Waals surface area contributed by atoms with Gasteiger partial charge in [-0.05, 0) is 17.7 Å². The summed E-state index contributed by atoms with van der Waals surface area (Å²) in [6.07, 6.45) is 0. The largest absolute Gasteiger partial charge is 0.326 e. The molecule has 0 atom stereocenters. The summed E-state index contributed by atoms with van der Waals surface area (Å²) >= 11 is 0. The predicted molar refractivity (Wildman–Crippen MR) is 62.5 cm³/mol. The van der Waals surface area contributed by atoms with Crippen molar-refractivity contribution in [3.63, 3.8) is 0 Å². The first-order valence-electron chi connectivity index (χ1n) is 5.23. The fourth-order valence-corrected chi connectivity index (χ4v) is 2.48. The number of benzene rings is 1. The number of aromatic nitrogens is 4. The zero-order chi connectivity index (χ0) is 13.9. The Morgan fingerprint density at radius 2 is 2.21 bits per heavy atom. The molecule has 8 nitrogen and oxygen atoms in total. The van der Waals surface area contributed by atoms with Crippen LogP contribution in [0, 0.1) is 5.82 Å². The van der Waals surface area contributed by atoms with E-state index in [9.17, 15) is 12.8 Å². The lowest BCUT2D eigenvalue weighted by Crippen LogP contribution is -2.25. The highest BCUT2D eigenvalue weighted by atomic mass is 32.2. The molecule has 1 heterocycles. The Morgan fingerprint density at radius 1 is 1.42 bits per heavy atom. The Kier molecular flexibility index (Phi) is 3.83. The smallest absolute Gasteiger partial charge is 0.243 e. The van der Waals surface area contributed by atoms with Gasteiger partial charge in [0.15, 0.2) is 5.82 Å². The Balaban J connectivity index is 2.23. The van der Waals surface area contributed by atoms with Crippen LogP contribution in [0.3, 0.4) is 0 Å². The molecule has 1 aromatic heterocycles. The number of nitrogens with two attached hydrogens (primary N) is 1. The van der Waals surface area contributed by atoms with Crippen LogP contribution in [0.5, 0.6) is 0 Å². The van der Waals surface area contributed by atoms with Crippen molar-refractivity contribution >= 4 is 10.0 Å². The lowest BCUT2D eigenvalue weighted by atomic mass is 10.2. The van der Waals surface area contributed by atoms with Crippen LogP contribution < -0.4 is 10.5 Å². The Morgan fingerprint density at radius 3 is 2.84 bits per heavy atom. The second-order valence-electron chi connectivity index (χ2n) is 3.62. The summed E-state index contributed by atoms with van der Waals surface area (Å²) in [6, 6.07) is 3.67. The Hall–Kier alpha value is -1.91. The molecule has 102 valence electrons. The van der Waals surface area contributed by atoms with Crippen molar-refractivity contribution in [3.8, 4) is 0 Å². The number of hydrogen-bond acceptors (Lipinski definition) is 6. The van der Waals surface area contributed by atoms with E-state index in [1.165, 1.54) is 12.1 Å². The van der Waals surface area contributed by atoms with Gasteiger partial charge >= 0.3 is 0 Å².